The predicted molar refractivity (Wildman–Crippen MR) is 104 cm³/mol. The van der Waals surface area contributed by atoms with Crippen LogP contribution in [0.2, 0.25) is 0 Å². The summed E-state index contributed by atoms with van der Waals surface area (Å²) in [6, 6.07) is 10.2. The van der Waals surface area contributed by atoms with E-state index in [1.807, 2.05) is 11.0 Å². The lowest BCUT2D eigenvalue weighted by atomic mass is 10.1. The first-order valence-electron chi connectivity index (χ1n) is 9.11. The van der Waals surface area contributed by atoms with Crippen LogP contribution in [0, 0.1) is 5.82 Å². The minimum absolute atomic E-state index is 0.0779. The van der Waals surface area contributed by atoms with Crippen LogP contribution in [0.5, 0.6) is 17.2 Å². The maximum absolute atomic E-state index is 13.9. The number of carbonyl (C=O) groups is 1. The van der Waals surface area contributed by atoms with Gasteiger partial charge in [0, 0.05) is 32.7 Å². The summed E-state index contributed by atoms with van der Waals surface area (Å²) in [6.07, 6.45) is 0. The lowest BCUT2D eigenvalue weighted by Gasteiger charge is -2.35. The van der Waals surface area contributed by atoms with Crippen molar-refractivity contribution in [1.29, 1.82) is 0 Å². The molecule has 1 aliphatic rings. The number of methoxy groups -OCH3 is 3. The summed E-state index contributed by atoms with van der Waals surface area (Å²) in [7, 11) is 4.56. The third-order valence-corrected chi connectivity index (χ3v) is 4.92. The number of hydrogen-bond acceptors (Lipinski definition) is 5. The predicted octanol–water partition coefficient (Wildman–Crippen LogP) is 2.81. The second-order valence-electron chi connectivity index (χ2n) is 6.60. The first-order valence-corrected chi connectivity index (χ1v) is 9.11. The second kappa shape index (κ2) is 8.93. The zero-order valence-corrected chi connectivity index (χ0v) is 16.4. The van der Waals surface area contributed by atoms with Crippen molar-refractivity contribution < 1.29 is 23.4 Å². The van der Waals surface area contributed by atoms with Gasteiger partial charge in [0.1, 0.15) is 11.5 Å². The van der Waals surface area contributed by atoms with Crippen molar-refractivity contribution in [1.82, 2.24) is 9.80 Å². The summed E-state index contributed by atoms with van der Waals surface area (Å²) < 4.78 is 29.4. The Morgan fingerprint density at radius 3 is 2.21 bits per heavy atom. The van der Waals surface area contributed by atoms with E-state index in [1.54, 1.807) is 38.5 Å². The van der Waals surface area contributed by atoms with Crippen LogP contribution >= 0.6 is 0 Å². The minimum atomic E-state index is -0.362. The summed E-state index contributed by atoms with van der Waals surface area (Å²) in [6.45, 7) is 3.25. The molecule has 0 unspecified atom stereocenters. The van der Waals surface area contributed by atoms with E-state index in [1.165, 1.54) is 13.2 Å². The normalized spacial score (nSPS) is 14.6. The number of rotatable bonds is 6. The molecule has 6 nitrogen and oxygen atoms in total. The summed E-state index contributed by atoms with van der Waals surface area (Å²) in [5.74, 6) is 0.947. The van der Waals surface area contributed by atoms with Crippen molar-refractivity contribution in [2.24, 2.45) is 0 Å². The Labute approximate surface area is 164 Å². The van der Waals surface area contributed by atoms with Crippen LogP contribution in [0.15, 0.2) is 36.4 Å². The number of carbonyl (C=O) groups excluding carboxylic acids is 1. The van der Waals surface area contributed by atoms with Crippen LogP contribution in [0.3, 0.4) is 0 Å². The molecule has 1 saturated heterocycles. The molecule has 2 aromatic carbocycles. The highest BCUT2D eigenvalue weighted by atomic mass is 19.1. The molecule has 0 spiro atoms. The zero-order valence-electron chi connectivity index (χ0n) is 16.4. The van der Waals surface area contributed by atoms with E-state index in [9.17, 15) is 9.18 Å². The van der Waals surface area contributed by atoms with Gasteiger partial charge in [-0.1, -0.05) is 6.07 Å². The molecule has 0 aliphatic carbocycles. The van der Waals surface area contributed by atoms with Gasteiger partial charge in [-0.25, -0.2) is 4.39 Å². The Hall–Kier alpha value is -2.80. The number of hydrogen-bond donors (Lipinski definition) is 0. The molecular weight excluding hydrogens is 363 g/mol. The first-order chi connectivity index (χ1) is 13.5. The van der Waals surface area contributed by atoms with E-state index in [-0.39, 0.29) is 17.5 Å². The van der Waals surface area contributed by atoms with E-state index >= 15 is 0 Å². The van der Waals surface area contributed by atoms with E-state index < -0.39 is 0 Å². The largest absolute Gasteiger partial charge is 0.497 e. The van der Waals surface area contributed by atoms with Crippen LogP contribution in [-0.4, -0.2) is 63.2 Å². The fraction of sp³-hybridized carbons (Fsp3) is 0.381. The Morgan fingerprint density at radius 1 is 0.929 bits per heavy atom. The van der Waals surface area contributed by atoms with Crippen molar-refractivity contribution in [2.75, 3.05) is 47.5 Å². The van der Waals surface area contributed by atoms with Gasteiger partial charge in [0.15, 0.2) is 11.6 Å². The Bertz CT molecular complexity index is 835. The molecule has 2 aromatic rings. The van der Waals surface area contributed by atoms with Crippen molar-refractivity contribution >= 4 is 5.91 Å². The fourth-order valence-electron chi connectivity index (χ4n) is 3.33. The van der Waals surface area contributed by atoms with Crippen molar-refractivity contribution in [3.63, 3.8) is 0 Å². The Kier molecular flexibility index (Phi) is 6.36. The molecule has 1 aliphatic heterocycles. The minimum Gasteiger partial charge on any atom is -0.497 e. The third kappa shape index (κ3) is 4.36. The molecule has 0 bridgehead atoms. The SMILES string of the molecule is COc1ccc(OC)c(C(=O)N2CCN(Cc3ccc(OC)c(F)c3)CC2)c1. The molecule has 3 rings (SSSR count). The molecule has 0 radical (unpaired) electrons. The zero-order chi connectivity index (χ0) is 20.1. The third-order valence-electron chi connectivity index (χ3n) is 4.92. The topological polar surface area (TPSA) is 51.2 Å². The molecule has 0 N–H and O–H groups in total. The van der Waals surface area contributed by atoms with E-state index in [0.29, 0.717) is 49.8 Å². The van der Waals surface area contributed by atoms with Gasteiger partial charge in [0.25, 0.3) is 5.91 Å². The van der Waals surface area contributed by atoms with Gasteiger partial charge >= 0.3 is 0 Å². The molecule has 1 heterocycles. The number of piperazine rings is 1. The van der Waals surface area contributed by atoms with Crippen molar-refractivity contribution in [3.8, 4) is 17.2 Å². The average Bonchev–Trinajstić information content (AvgIpc) is 2.73. The molecule has 150 valence electrons. The van der Waals surface area contributed by atoms with Crippen LogP contribution < -0.4 is 14.2 Å². The lowest BCUT2D eigenvalue weighted by Crippen LogP contribution is -2.48. The second-order valence-corrected chi connectivity index (χ2v) is 6.60. The summed E-state index contributed by atoms with van der Waals surface area (Å²) >= 11 is 0. The van der Waals surface area contributed by atoms with Gasteiger partial charge in [-0.3, -0.25) is 9.69 Å². The standard InChI is InChI=1S/C21H25FN2O4/c1-26-16-5-7-19(27-2)17(13-16)21(25)24-10-8-23(9-11-24)14-15-4-6-20(28-3)18(22)12-15/h4-7,12-13H,8-11,14H2,1-3H3. The van der Waals surface area contributed by atoms with Crippen LogP contribution in [-0.2, 0) is 6.54 Å². The maximum Gasteiger partial charge on any atom is 0.257 e. The Morgan fingerprint density at radius 2 is 1.61 bits per heavy atom. The van der Waals surface area contributed by atoms with Gasteiger partial charge in [-0.2, -0.15) is 0 Å². The number of nitrogens with zero attached hydrogens (tertiary/aromatic N) is 2. The molecule has 0 saturated carbocycles. The van der Waals surface area contributed by atoms with Crippen LogP contribution in [0.25, 0.3) is 0 Å². The van der Waals surface area contributed by atoms with Gasteiger partial charge in [-0.05, 0) is 35.9 Å². The summed E-state index contributed by atoms with van der Waals surface area (Å²) in [5.41, 5.74) is 1.38. The monoisotopic (exact) mass is 388 g/mol. The highest BCUT2D eigenvalue weighted by molar-refractivity contribution is 5.97. The van der Waals surface area contributed by atoms with Gasteiger partial charge in [0.05, 0.1) is 26.9 Å². The molecule has 1 fully saturated rings. The van der Waals surface area contributed by atoms with E-state index in [0.717, 1.165) is 5.56 Å². The number of benzene rings is 2. The highest BCUT2D eigenvalue weighted by Gasteiger charge is 2.25. The summed E-state index contributed by atoms with van der Waals surface area (Å²) in [5, 5.41) is 0. The summed E-state index contributed by atoms with van der Waals surface area (Å²) in [4.78, 5) is 16.9. The van der Waals surface area contributed by atoms with Crippen molar-refractivity contribution in [2.45, 2.75) is 6.54 Å². The molecule has 7 heteroatoms. The molecule has 1 amide bonds. The average molecular weight is 388 g/mol. The quantitative estimate of drug-likeness (QED) is 0.762. The van der Waals surface area contributed by atoms with Crippen molar-refractivity contribution in [3.05, 3.63) is 53.3 Å². The van der Waals surface area contributed by atoms with Crippen LogP contribution in [0.1, 0.15) is 15.9 Å². The number of ether oxygens (including phenoxy) is 3. The van der Waals surface area contributed by atoms with E-state index in [2.05, 4.69) is 4.90 Å². The molecule has 0 atom stereocenters. The fourth-order valence-corrected chi connectivity index (χ4v) is 3.33. The maximum atomic E-state index is 13.9. The number of amides is 1. The first kappa shape index (κ1) is 19.9. The van der Waals surface area contributed by atoms with Gasteiger partial charge < -0.3 is 19.1 Å². The molecule has 0 aromatic heterocycles. The Balaban J connectivity index is 1.62. The van der Waals surface area contributed by atoms with Gasteiger partial charge in [-0.15, -0.1) is 0 Å². The lowest BCUT2D eigenvalue weighted by molar-refractivity contribution is 0.0625. The van der Waals surface area contributed by atoms with Crippen LogP contribution in [0.4, 0.5) is 4.39 Å². The van der Waals surface area contributed by atoms with E-state index in [4.69, 9.17) is 14.2 Å². The highest BCUT2D eigenvalue weighted by Crippen LogP contribution is 2.26. The van der Waals surface area contributed by atoms with Gasteiger partial charge in [0.2, 0.25) is 0 Å². The smallest absolute Gasteiger partial charge is 0.257 e. The number of halogens is 1. The molecular formula is C21H25FN2O4. The molecule has 28 heavy (non-hydrogen) atoms.